The van der Waals surface area contributed by atoms with Gasteiger partial charge in [-0.25, -0.2) is 4.79 Å². The molecule has 2 saturated carbocycles. The minimum absolute atomic E-state index is 0.167. The van der Waals surface area contributed by atoms with Gasteiger partial charge >= 0.3 is 5.97 Å². The van der Waals surface area contributed by atoms with Gasteiger partial charge in [-0.1, -0.05) is 98.3 Å². The first-order chi connectivity index (χ1) is 17.2. The molecule has 2 fully saturated rings. The highest BCUT2D eigenvalue weighted by Crippen LogP contribution is 2.48. The average molecular weight is 509 g/mol. The van der Waals surface area contributed by atoms with Crippen molar-refractivity contribution in [3.05, 3.63) is 35.9 Å². The van der Waals surface area contributed by atoms with Crippen molar-refractivity contribution in [1.29, 1.82) is 0 Å². The van der Waals surface area contributed by atoms with Crippen LogP contribution in [0, 0.1) is 17.3 Å². The Hall–Kier alpha value is -1.68. The van der Waals surface area contributed by atoms with Crippen molar-refractivity contribution in [2.45, 2.75) is 120 Å². The summed E-state index contributed by atoms with van der Waals surface area (Å²) in [5, 5.41) is 0. The smallest absolute Gasteiger partial charge is 0.337 e. The molecule has 0 radical (unpaired) electrons. The van der Waals surface area contributed by atoms with E-state index in [1.165, 1.54) is 85.2 Å². The van der Waals surface area contributed by atoms with E-state index in [4.69, 9.17) is 0 Å². The minimum Gasteiger partial charge on any atom is -0.465 e. The highest BCUT2D eigenvalue weighted by molar-refractivity contribution is 5.89. The number of ether oxygens (including phenoxy) is 2. The molecule has 0 saturated heterocycles. The Morgan fingerprint density at radius 2 is 1.00 bits per heavy atom. The summed E-state index contributed by atoms with van der Waals surface area (Å²) in [6.45, 7) is 16.2. The van der Waals surface area contributed by atoms with Crippen LogP contribution in [0.2, 0.25) is 0 Å². The zero-order valence-electron chi connectivity index (χ0n) is 25.7. The number of ketones is 1. The molecule has 2 aliphatic rings. The summed E-state index contributed by atoms with van der Waals surface area (Å²) in [5.41, 5.74) is 1.23. The normalized spacial score (nSPS) is 15.2. The SMILES string of the molecule is CC.CC.CC(C)(C1CCCCC1)C1CCCCC1.CC(C)=O.COC.COC(=O)c1ccccc1. The molecule has 2 aliphatic carbocycles. The van der Waals surface area contributed by atoms with Gasteiger partial charge < -0.3 is 14.3 Å². The molecule has 4 heteroatoms. The maximum absolute atomic E-state index is 10.8. The summed E-state index contributed by atoms with van der Waals surface area (Å²) in [6, 6.07) is 8.88. The first-order valence-corrected chi connectivity index (χ1v) is 14.2. The summed E-state index contributed by atoms with van der Waals surface area (Å²) >= 11 is 0. The largest absolute Gasteiger partial charge is 0.465 e. The number of Topliss-reactive ketones (excluding diaryl/α,β-unsaturated/α-hetero) is 1. The van der Waals surface area contributed by atoms with Crippen molar-refractivity contribution in [3.8, 4) is 0 Å². The molecule has 0 amide bonds. The summed E-state index contributed by atoms with van der Waals surface area (Å²) in [7, 11) is 4.62. The van der Waals surface area contributed by atoms with Gasteiger partial charge in [0.25, 0.3) is 0 Å². The van der Waals surface area contributed by atoms with E-state index in [2.05, 4.69) is 23.3 Å². The third kappa shape index (κ3) is 19.5. The molecule has 212 valence electrons. The highest BCUT2D eigenvalue weighted by atomic mass is 16.5. The van der Waals surface area contributed by atoms with E-state index >= 15 is 0 Å². The van der Waals surface area contributed by atoms with Crippen molar-refractivity contribution < 1.29 is 19.1 Å². The van der Waals surface area contributed by atoms with Gasteiger partial charge in [0, 0.05) is 14.2 Å². The molecule has 0 aromatic heterocycles. The lowest BCUT2D eigenvalue weighted by atomic mass is 9.61. The number of carbonyl (C=O) groups is 2. The molecule has 0 bridgehead atoms. The summed E-state index contributed by atoms with van der Waals surface area (Å²) in [6.07, 6.45) is 15.1. The lowest BCUT2D eigenvalue weighted by Crippen LogP contribution is -2.35. The molecule has 1 aromatic carbocycles. The Morgan fingerprint density at radius 3 is 1.28 bits per heavy atom. The number of methoxy groups -OCH3 is 2. The van der Waals surface area contributed by atoms with Crippen molar-refractivity contribution in [1.82, 2.24) is 0 Å². The van der Waals surface area contributed by atoms with Crippen molar-refractivity contribution in [2.75, 3.05) is 21.3 Å². The zero-order valence-corrected chi connectivity index (χ0v) is 25.7. The molecule has 0 aliphatic heterocycles. The fourth-order valence-corrected chi connectivity index (χ4v) is 4.72. The van der Waals surface area contributed by atoms with Crippen molar-refractivity contribution in [3.63, 3.8) is 0 Å². The van der Waals surface area contributed by atoms with Crippen molar-refractivity contribution >= 4 is 11.8 Å². The van der Waals surface area contributed by atoms with Gasteiger partial charge in [-0.15, -0.1) is 0 Å². The maximum Gasteiger partial charge on any atom is 0.337 e. The van der Waals surface area contributed by atoms with Gasteiger partial charge in [-0.2, -0.15) is 0 Å². The van der Waals surface area contributed by atoms with E-state index < -0.39 is 0 Å². The fraction of sp³-hybridized carbons (Fsp3) is 0.750. The van der Waals surface area contributed by atoms with Gasteiger partial charge in [0.15, 0.2) is 0 Å². The number of carbonyl (C=O) groups excluding carboxylic acids is 2. The molecular formula is C32H60O4. The molecule has 3 rings (SSSR count). The van der Waals surface area contributed by atoms with E-state index in [-0.39, 0.29) is 11.8 Å². The van der Waals surface area contributed by atoms with Gasteiger partial charge in [0.05, 0.1) is 12.7 Å². The van der Waals surface area contributed by atoms with Gasteiger partial charge in [0.2, 0.25) is 0 Å². The van der Waals surface area contributed by atoms with Crippen LogP contribution in [0.1, 0.15) is 130 Å². The van der Waals surface area contributed by atoms with Crippen LogP contribution in [-0.2, 0) is 14.3 Å². The third-order valence-electron chi connectivity index (χ3n) is 6.51. The van der Waals surface area contributed by atoms with E-state index in [0.29, 0.717) is 11.0 Å². The standard InChI is InChI=1S/C15H28.C8H8O2.C3H6O.C2H6O.2C2H6/c1-15(2,13-9-5-3-6-10-13)14-11-7-4-8-12-14;1-10-8(9)7-5-3-2-4-6-7;1-3(2)4;1-3-2;2*1-2/h13-14H,3-12H2,1-2H3;2-6H,1H3;1-2H3;1-2H3;2*1-2H3. The van der Waals surface area contributed by atoms with Crippen LogP contribution in [0.25, 0.3) is 0 Å². The van der Waals surface area contributed by atoms with Crippen LogP contribution in [0.5, 0.6) is 0 Å². The molecule has 0 heterocycles. The monoisotopic (exact) mass is 508 g/mol. The minimum atomic E-state index is -0.291. The van der Waals surface area contributed by atoms with Crippen LogP contribution >= 0.6 is 0 Å². The predicted octanol–water partition coefficient (Wildman–Crippen LogP) is 9.56. The fourth-order valence-electron chi connectivity index (χ4n) is 4.72. The second kappa shape index (κ2) is 26.4. The highest BCUT2D eigenvalue weighted by Gasteiger charge is 2.37. The topological polar surface area (TPSA) is 52.6 Å². The number of hydrogen-bond donors (Lipinski definition) is 0. The van der Waals surface area contributed by atoms with Crippen LogP contribution < -0.4 is 0 Å². The van der Waals surface area contributed by atoms with E-state index in [1.807, 2.05) is 33.8 Å². The lowest BCUT2D eigenvalue weighted by Gasteiger charge is -2.44. The lowest BCUT2D eigenvalue weighted by molar-refractivity contribution is -0.115. The molecule has 1 aromatic rings. The van der Waals surface area contributed by atoms with E-state index in [0.717, 1.165) is 11.8 Å². The third-order valence-corrected chi connectivity index (χ3v) is 6.51. The van der Waals surface area contributed by atoms with Crippen LogP contribution in [0.15, 0.2) is 30.3 Å². The van der Waals surface area contributed by atoms with Crippen LogP contribution in [-0.4, -0.2) is 33.1 Å². The van der Waals surface area contributed by atoms with Crippen LogP contribution in [0.3, 0.4) is 0 Å². The number of benzene rings is 1. The Balaban J connectivity index is -0.000000449. The average Bonchev–Trinajstić information content (AvgIpc) is 2.92. The summed E-state index contributed by atoms with van der Waals surface area (Å²) < 4.78 is 8.75. The number of rotatable bonds is 3. The quantitative estimate of drug-likeness (QED) is 0.381. The molecule has 36 heavy (non-hydrogen) atoms. The molecule has 0 atom stereocenters. The number of esters is 1. The van der Waals surface area contributed by atoms with Gasteiger partial charge in [0.1, 0.15) is 5.78 Å². The Labute approximate surface area is 224 Å². The second-order valence-corrected chi connectivity index (χ2v) is 9.67. The van der Waals surface area contributed by atoms with Crippen molar-refractivity contribution in [2.24, 2.45) is 17.3 Å². The first kappa shape index (κ1) is 38.8. The maximum atomic E-state index is 10.8. The van der Waals surface area contributed by atoms with Gasteiger partial charge in [-0.05, 0) is 68.9 Å². The van der Waals surface area contributed by atoms with Crippen LogP contribution in [0.4, 0.5) is 0 Å². The van der Waals surface area contributed by atoms with E-state index in [1.54, 1.807) is 38.5 Å². The Bertz CT molecular complexity index is 574. The molecule has 0 unspecified atom stereocenters. The first-order valence-electron chi connectivity index (χ1n) is 14.2. The molecule has 0 N–H and O–H groups in total. The summed E-state index contributed by atoms with van der Waals surface area (Å²) in [5.74, 6) is 1.95. The van der Waals surface area contributed by atoms with Gasteiger partial charge in [-0.3, -0.25) is 0 Å². The summed E-state index contributed by atoms with van der Waals surface area (Å²) in [4.78, 5) is 20.2. The van der Waals surface area contributed by atoms with E-state index in [9.17, 15) is 9.59 Å². The Kier molecular flexibility index (Phi) is 28.5. The molecule has 0 spiro atoms. The second-order valence-electron chi connectivity index (χ2n) is 9.67. The predicted molar refractivity (Wildman–Crippen MR) is 157 cm³/mol. The number of hydrogen-bond acceptors (Lipinski definition) is 4. The molecule has 4 nitrogen and oxygen atoms in total. The molecular weight excluding hydrogens is 448 g/mol. The zero-order chi connectivity index (χ0) is 28.4. The Morgan fingerprint density at radius 1 is 0.694 bits per heavy atom.